The summed E-state index contributed by atoms with van der Waals surface area (Å²) in [6, 6.07) is 15.5. The van der Waals surface area contributed by atoms with Crippen LogP contribution in [0, 0.1) is 0 Å². The van der Waals surface area contributed by atoms with E-state index in [0.717, 1.165) is 5.56 Å². The summed E-state index contributed by atoms with van der Waals surface area (Å²) in [5, 5.41) is 9.55. The predicted octanol–water partition coefficient (Wildman–Crippen LogP) is 2.29. The van der Waals surface area contributed by atoms with Crippen LogP contribution in [0.3, 0.4) is 0 Å². The molecule has 0 aliphatic heterocycles. The number of benzene rings is 2. The first-order chi connectivity index (χ1) is 12.1. The number of carbonyl (C=O) groups is 2. The smallest absolute Gasteiger partial charge is 0.316 e. The molecule has 0 atom stereocenters. The second-order valence-electron chi connectivity index (χ2n) is 5.34. The maximum atomic E-state index is 12.5. The van der Waals surface area contributed by atoms with E-state index in [4.69, 9.17) is 5.73 Å². The quantitative estimate of drug-likeness (QED) is 0.666. The van der Waals surface area contributed by atoms with Crippen LogP contribution >= 0.6 is 0 Å². The Balaban J connectivity index is 1.68. The molecule has 0 saturated heterocycles. The molecule has 4 N–H and O–H groups in total. The van der Waals surface area contributed by atoms with Crippen molar-refractivity contribution >= 4 is 17.6 Å². The molecule has 0 aliphatic rings. The zero-order chi connectivity index (χ0) is 17.6. The Kier molecular flexibility index (Phi) is 4.75. The molecule has 0 bridgehead atoms. The largest absolute Gasteiger partial charge is 0.351 e. The SMILES string of the molecule is NC(=O)Nc1ccc(CNC(=O)c2ccccc2-n2cccn2)cc1. The monoisotopic (exact) mass is 335 g/mol. The first-order valence-electron chi connectivity index (χ1n) is 7.66. The zero-order valence-electron chi connectivity index (χ0n) is 13.3. The van der Waals surface area contributed by atoms with Gasteiger partial charge in [-0.05, 0) is 35.9 Å². The summed E-state index contributed by atoms with van der Waals surface area (Å²) in [5.41, 5.74) is 7.83. The number of carbonyl (C=O) groups excluding carboxylic acids is 2. The molecule has 1 aromatic heterocycles. The highest BCUT2D eigenvalue weighted by Gasteiger charge is 2.12. The van der Waals surface area contributed by atoms with Gasteiger partial charge in [0.05, 0.1) is 11.3 Å². The highest BCUT2D eigenvalue weighted by Crippen LogP contribution is 2.14. The summed E-state index contributed by atoms with van der Waals surface area (Å²) in [4.78, 5) is 23.3. The highest BCUT2D eigenvalue weighted by molar-refractivity contribution is 5.97. The lowest BCUT2D eigenvalue weighted by Crippen LogP contribution is -2.24. The Morgan fingerprint density at radius 3 is 2.48 bits per heavy atom. The number of anilines is 1. The molecule has 3 amide bonds. The van der Waals surface area contributed by atoms with E-state index in [0.29, 0.717) is 23.5 Å². The Labute approximate surface area is 144 Å². The number of amides is 3. The van der Waals surface area contributed by atoms with Crippen molar-refractivity contribution in [2.24, 2.45) is 5.73 Å². The van der Waals surface area contributed by atoms with E-state index in [-0.39, 0.29) is 5.91 Å². The van der Waals surface area contributed by atoms with Crippen LogP contribution < -0.4 is 16.4 Å². The minimum absolute atomic E-state index is 0.189. The topological polar surface area (TPSA) is 102 Å². The maximum absolute atomic E-state index is 12.5. The first-order valence-corrected chi connectivity index (χ1v) is 7.66. The molecule has 1 heterocycles. The van der Waals surface area contributed by atoms with Gasteiger partial charge in [0, 0.05) is 24.6 Å². The summed E-state index contributed by atoms with van der Waals surface area (Å²) in [5.74, 6) is -0.189. The van der Waals surface area contributed by atoms with Gasteiger partial charge < -0.3 is 16.4 Å². The number of aromatic nitrogens is 2. The van der Waals surface area contributed by atoms with E-state index in [1.165, 1.54) is 0 Å². The number of hydrogen-bond acceptors (Lipinski definition) is 3. The number of para-hydroxylation sites is 1. The lowest BCUT2D eigenvalue weighted by molar-refractivity contribution is 0.0950. The molecule has 2 aromatic carbocycles. The summed E-state index contributed by atoms with van der Waals surface area (Å²) in [6.45, 7) is 0.364. The first kappa shape index (κ1) is 16.3. The molecule has 0 unspecified atom stereocenters. The zero-order valence-corrected chi connectivity index (χ0v) is 13.3. The fourth-order valence-electron chi connectivity index (χ4n) is 2.40. The van der Waals surface area contributed by atoms with Crippen LogP contribution in [0.15, 0.2) is 67.0 Å². The normalized spacial score (nSPS) is 10.2. The van der Waals surface area contributed by atoms with Crippen molar-refractivity contribution < 1.29 is 9.59 Å². The van der Waals surface area contributed by atoms with Gasteiger partial charge >= 0.3 is 6.03 Å². The van der Waals surface area contributed by atoms with E-state index < -0.39 is 6.03 Å². The van der Waals surface area contributed by atoms with E-state index in [2.05, 4.69) is 15.7 Å². The van der Waals surface area contributed by atoms with Gasteiger partial charge in [0.2, 0.25) is 0 Å². The van der Waals surface area contributed by atoms with Crippen molar-refractivity contribution in [2.75, 3.05) is 5.32 Å². The Morgan fingerprint density at radius 2 is 1.80 bits per heavy atom. The molecule has 0 fully saturated rings. The van der Waals surface area contributed by atoms with Gasteiger partial charge in [0.25, 0.3) is 5.91 Å². The lowest BCUT2D eigenvalue weighted by Gasteiger charge is -2.10. The predicted molar refractivity (Wildman–Crippen MR) is 94.4 cm³/mol. The minimum atomic E-state index is -0.615. The van der Waals surface area contributed by atoms with Gasteiger partial charge in [-0.1, -0.05) is 24.3 Å². The minimum Gasteiger partial charge on any atom is -0.351 e. The van der Waals surface area contributed by atoms with Crippen molar-refractivity contribution in [1.29, 1.82) is 0 Å². The van der Waals surface area contributed by atoms with Crippen LogP contribution in [-0.4, -0.2) is 21.7 Å². The Hall–Kier alpha value is -3.61. The van der Waals surface area contributed by atoms with Gasteiger partial charge in [0.15, 0.2) is 0 Å². The number of hydrogen-bond donors (Lipinski definition) is 3. The average molecular weight is 335 g/mol. The summed E-state index contributed by atoms with van der Waals surface area (Å²) >= 11 is 0. The third-order valence-corrected chi connectivity index (χ3v) is 3.57. The van der Waals surface area contributed by atoms with Gasteiger partial charge in [-0.25, -0.2) is 9.48 Å². The third kappa shape index (κ3) is 4.03. The van der Waals surface area contributed by atoms with E-state index in [9.17, 15) is 9.59 Å². The van der Waals surface area contributed by atoms with Crippen molar-refractivity contribution in [3.63, 3.8) is 0 Å². The van der Waals surface area contributed by atoms with Gasteiger partial charge in [-0.2, -0.15) is 5.10 Å². The Bertz CT molecular complexity index is 873. The van der Waals surface area contributed by atoms with Crippen LogP contribution in [0.5, 0.6) is 0 Å². The summed E-state index contributed by atoms with van der Waals surface area (Å²) in [7, 11) is 0. The molecule has 126 valence electrons. The van der Waals surface area contributed by atoms with Crippen LogP contribution in [0.1, 0.15) is 15.9 Å². The third-order valence-electron chi connectivity index (χ3n) is 3.57. The highest BCUT2D eigenvalue weighted by atomic mass is 16.2. The number of nitrogens with two attached hydrogens (primary N) is 1. The van der Waals surface area contributed by atoms with Crippen molar-refractivity contribution in [3.05, 3.63) is 78.1 Å². The molecule has 0 saturated carbocycles. The second-order valence-corrected chi connectivity index (χ2v) is 5.34. The summed E-state index contributed by atoms with van der Waals surface area (Å²) < 4.78 is 1.65. The fraction of sp³-hybridized carbons (Fsp3) is 0.0556. The Morgan fingerprint density at radius 1 is 1.04 bits per heavy atom. The fourth-order valence-corrected chi connectivity index (χ4v) is 2.40. The van der Waals surface area contributed by atoms with E-state index >= 15 is 0 Å². The number of nitrogens with zero attached hydrogens (tertiary/aromatic N) is 2. The van der Waals surface area contributed by atoms with Crippen LogP contribution in [0.2, 0.25) is 0 Å². The van der Waals surface area contributed by atoms with Crippen LogP contribution in [-0.2, 0) is 6.54 Å². The van der Waals surface area contributed by atoms with Gasteiger partial charge in [-0.3, -0.25) is 4.79 Å². The average Bonchev–Trinajstić information content (AvgIpc) is 3.15. The van der Waals surface area contributed by atoms with Gasteiger partial charge in [-0.15, -0.1) is 0 Å². The molecule has 0 aliphatic carbocycles. The molecule has 0 spiro atoms. The number of urea groups is 1. The molecule has 3 aromatic rings. The molecule has 7 nitrogen and oxygen atoms in total. The van der Waals surface area contributed by atoms with E-state index in [1.54, 1.807) is 41.3 Å². The number of nitrogens with one attached hydrogen (secondary N) is 2. The van der Waals surface area contributed by atoms with Crippen molar-refractivity contribution in [3.8, 4) is 5.69 Å². The summed E-state index contributed by atoms with van der Waals surface area (Å²) in [6.07, 6.45) is 3.45. The van der Waals surface area contributed by atoms with Crippen molar-refractivity contribution in [2.45, 2.75) is 6.54 Å². The second kappa shape index (κ2) is 7.31. The van der Waals surface area contributed by atoms with Crippen LogP contribution in [0.4, 0.5) is 10.5 Å². The van der Waals surface area contributed by atoms with Gasteiger partial charge in [0.1, 0.15) is 0 Å². The van der Waals surface area contributed by atoms with Crippen LogP contribution in [0.25, 0.3) is 5.69 Å². The van der Waals surface area contributed by atoms with E-state index in [1.807, 2.05) is 30.3 Å². The molecular weight excluding hydrogens is 318 g/mol. The standard InChI is InChI=1S/C18H17N5O2/c19-18(25)22-14-8-6-13(7-9-14)12-20-17(24)15-4-1-2-5-16(15)23-11-3-10-21-23/h1-11H,12H2,(H,20,24)(H3,19,22,25). The molecule has 0 radical (unpaired) electrons. The van der Waals surface area contributed by atoms with Crippen molar-refractivity contribution in [1.82, 2.24) is 15.1 Å². The number of primary amides is 1. The molecule has 25 heavy (non-hydrogen) atoms. The molecular formula is C18H17N5O2. The molecule has 3 rings (SSSR count). The number of rotatable bonds is 5. The lowest BCUT2D eigenvalue weighted by atomic mass is 10.1. The maximum Gasteiger partial charge on any atom is 0.316 e. The molecule has 7 heteroatoms.